The molecule has 3 heterocycles. The molecule has 0 radical (unpaired) electrons. The van der Waals surface area contributed by atoms with Crippen LogP contribution in [0.3, 0.4) is 0 Å². The zero-order chi connectivity index (χ0) is 23.3. The van der Waals surface area contributed by atoms with Crippen LogP contribution in [-0.4, -0.2) is 51.0 Å². The van der Waals surface area contributed by atoms with Crippen molar-refractivity contribution in [3.63, 3.8) is 0 Å². The van der Waals surface area contributed by atoms with Crippen LogP contribution in [0.1, 0.15) is 33.0 Å². The molecule has 168 valence electrons. The lowest BCUT2D eigenvalue weighted by Gasteiger charge is -2.20. The van der Waals surface area contributed by atoms with Crippen molar-refractivity contribution >= 4 is 35.0 Å². The highest BCUT2D eigenvalue weighted by atomic mass is 35.5. The normalized spacial score (nSPS) is 19.5. The van der Waals surface area contributed by atoms with Crippen molar-refractivity contribution in [1.29, 1.82) is 0 Å². The molecule has 1 saturated heterocycles. The van der Waals surface area contributed by atoms with Gasteiger partial charge in [-0.05, 0) is 54.8 Å². The molecular formula is C24H22ClN5O3. The predicted molar refractivity (Wildman–Crippen MR) is 124 cm³/mol. The topological polar surface area (TPSA) is 96.3 Å². The van der Waals surface area contributed by atoms with Crippen LogP contribution in [0.2, 0.25) is 5.02 Å². The van der Waals surface area contributed by atoms with Crippen LogP contribution in [0.25, 0.3) is 11.1 Å². The summed E-state index contributed by atoms with van der Waals surface area (Å²) < 4.78 is 1.63. The first-order valence-corrected chi connectivity index (χ1v) is 11.0. The van der Waals surface area contributed by atoms with E-state index in [1.54, 1.807) is 47.0 Å². The van der Waals surface area contributed by atoms with Gasteiger partial charge in [0.1, 0.15) is 11.7 Å². The summed E-state index contributed by atoms with van der Waals surface area (Å²) in [7, 11) is 1.77. The van der Waals surface area contributed by atoms with Gasteiger partial charge in [-0.3, -0.25) is 19.1 Å². The van der Waals surface area contributed by atoms with Gasteiger partial charge in [0.15, 0.2) is 0 Å². The van der Waals surface area contributed by atoms with Crippen LogP contribution in [0.5, 0.6) is 0 Å². The Morgan fingerprint density at radius 3 is 2.55 bits per heavy atom. The molecule has 3 aromatic rings. The van der Waals surface area contributed by atoms with Crippen LogP contribution in [0.15, 0.2) is 48.5 Å². The third-order valence-electron chi connectivity index (χ3n) is 6.23. The maximum absolute atomic E-state index is 13.4. The van der Waals surface area contributed by atoms with Gasteiger partial charge < -0.3 is 15.5 Å². The van der Waals surface area contributed by atoms with Crippen molar-refractivity contribution in [2.75, 3.05) is 11.9 Å². The van der Waals surface area contributed by atoms with Crippen molar-refractivity contribution in [2.24, 2.45) is 7.05 Å². The Hall–Kier alpha value is -3.65. The molecule has 9 heteroatoms. The van der Waals surface area contributed by atoms with Gasteiger partial charge in [0.05, 0.1) is 11.3 Å². The van der Waals surface area contributed by atoms with Crippen LogP contribution >= 0.6 is 11.6 Å². The zero-order valence-electron chi connectivity index (χ0n) is 18.1. The average molecular weight is 464 g/mol. The Morgan fingerprint density at radius 2 is 1.85 bits per heavy atom. The van der Waals surface area contributed by atoms with Gasteiger partial charge in [0.25, 0.3) is 11.8 Å². The number of nitrogens with zero attached hydrogens (tertiary/aromatic N) is 3. The first-order chi connectivity index (χ1) is 15.8. The molecule has 0 aliphatic carbocycles. The summed E-state index contributed by atoms with van der Waals surface area (Å²) in [5.74, 6) is -0.819. The van der Waals surface area contributed by atoms with E-state index in [-0.39, 0.29) is 30.3 Å². The van der Waals surface area contributed by atoms with E-state index in [1.165, 1.54) is 0 Å². The minimum atomic E-state index is -0.653. The van der Waals surface area contributed by atoms with E-state index in [4.69, 9.17) is 11.6 Å². The third kappa shape index (κ3) is 3.87. The van der Waals surface area contributed by atoms with Gasteiger partial charge >= 0.3 is 0 Å². The van der Waals surface area contributed by atoms with Crippen molar-refractivity contribution in [1.82, 2.24) is 20.0 Å². The maximum Gasteiger partial charge on any atom is 0.272 e. The molecule has 2 aliphatic heterocycles. The molecule has 1 aromatic heterocycles. The van der Waals surface area contributed by atoms with Crippen LogP contribution in [0.4, 0.5) is 5.69 Å². The number of fused-ring (bicyclic) bond motifs is 2. The minimum Gasteiger partial charge on any atom is -0.346 e. The van der Waals surface area contributed by atoms with Crippen LogP contribution in [0, 0.1) is 6.92 Å². The molecule has 3 amide bonds. The lowest BCUT2D eigenvalue weighted by atomic mass is 10.0. The standard InChI is InChI=1S/C24H22ClN5O3/c1-13-9-20(28-29(13)2)22(31)26-17-11-21-23(32)27-19-8-5-15(14-3-6-16(25)7-4-14)10-18(19)24(33)30(21)12-17/h3-10,17,21H,11-12H2,1-2H3,(H,26,31)(H,27,32)/t17-,21-/m0/s1. The number of carbonyl (C=O) groups excluding carboxylic acids is 3. The summed E-state index contributed by atoms with van der Waals surface area (Å²) >= 11 is 5.99. The highest BCUT2D eigenvalue weighted by Crippen LogP contribution is 2.32. The number of amides is 3. The van der Waals surface area contributed by atoms with E-state index in [9.17, 15) is 14.4 Å². The molecule has 0 unspecified atom stereocenters. The van der Waals surface area contributed by atoms with E-state index in [0.29, 0.717) is 28.4 Å². The molecule has 8 nitrogen and oxygen atoms in total. The van der Waals surface area contributed by atoms with Gasteiger partial charge in [0.2, 0.25) is 5.91 Å². The fraction of sp³-hybridized carbons (Fsp3) is 0.250. The SMILES string of the molecule is Cc1cc(C(=O)N[C@H]2C[C@H]3C(=O)Nc4ccc(-c5ccc(Cl)cc5)cc4C(=O)N3C2)nn1C. The fourth-order valence-electron chi connectivity index (χ4n) is 4.37. The number of anilines is 1. The fourth-order valence-corrected chi connectivity index (χ4v) is 4.49. The summed E-state index contributed by atoms with van der Waals surface area (Å²) in [6, 6.07) is 13.4. The smallest absolute Gasteiger partial charge is 0.272 e. The van der Waals surface area contributed by atoms with Crippen molar-refractivity contribution in [2.45, 2.75) is 25.4 Å². The summed E-state index contributed by atoms with van der Waals surface area (Å²) in [4.78, 5) is 40.5. The second-order valence-electron chi connectivity index (χ2n) is 8.43. The van der Waals surface area contributed by atoms with E-state index in [2.05, 4.69) is 15.7 Å². The Labute approximate surface area is 195 Å². The molecular weight excluding hydrogens is 442 g/mol. The number of rotatable bonds is 3. The molecule has 5 rings (SSSR count). The Balaban J connectivity index is 1.39. The molecule has 2 N–H and O–H groups in total. The second kappa shape index (κ2) is 8.04. The number of nitrogens with one attached hydrogen (secondary N) is 2. The lowest BCUT2D eigenvalue weighted by Crippen LogP contribution is -2.41. The maximum atomic E-state index is 13.4. The Morgan fingerprint density at radius 1 is 1.12 bits per heavy atom. The number of carbonyl (C=O) groups is 3. The zero-order valence-corrected chi connectivity index (χ0v) is 18.9. The number of hydrogen-bond donors (Lipinski definition) is 2. The highest BCUT2D eigenvalue weighted by Gasteiger charge is 2.43. The molecule has 2 aliphatic rings. The average Bonchev–Trinajstić information content (AvgIpc) is 3.35. The monoisotopic (exact) mass is 463 g/mol. The first kappa shape index (κ1) is 21.2. The lowest BCUT2D eigenvalue weighted by molar-refractivity contribution is -0.119. The number of aryl methyl sites for hydroxylation is 2. The van der Waals surface area contributed by atoms with E-state index in [0.717, 1.165) is 16.8 Å². The Kier molecular flexibility index (Phi) is 5.17. The van der Waals surface area contributed by atoms with Crippen molar-refractivity contribution in [3.8, 4) is 11.1 Å². The van der Waals surface area contributed by atoms with E-state index in [1.807, 2.05) is 25.1 Å². The van der Waals surface area contributed by atoms with Gasteiger partial charge in [-0.1, -0.05) is 29.8 Å². The molecule has 0 saturated carbocycles. The first-order valence-electron chi connectivity index (χ1n) is 10.6. The summed E-state index contributed by atoms with van der Waals surface area (Å²) in [5, 5.41) is 10.6. The van der Waals surface area contributed by atoms with E-state index >= 15 is 0 Å². The molecule has 0 spiro atoms. The molecule has 33 heavy (non-hydrogen) atoms. The van der Waals surface area contributed by atoms with Crippen molar-refractivity contribution < 1.29 is 14.4 Å². The van der Waals surface area contributed by atoms with Gasteiger partial charge in [0, 0.05) is 30.4 Å². The number of halogens is 1. The van der Waals surface area contributed by atoms with Gasteiger partial charge in [-0.15, -0.1) is 0 Å². The third-order valence-corrected chi connectivity index (χ3v) is 6.48. The Bertz CT molecular complexity index is 1260. The largest absolute Gasteiger partial charge is 0.346 e. The predicted octanol–water partition coefficient (Wildman–Crippen LogP) is 3.01. The number of aromatic nitrogens is 2. The van der Waals surface area contributed by atoms with E-state index < -0.39 is 6.04 Å². The van der Waals surface area contributed by atoms with Gasteiger partial charge in [-0.2, -0.15) is 5.10 Å². The minimum absolute atomic E-state index is 0.241. The van der Waals surface area contributed by atoms with Gasteiger partial charge in [-0.25, -0.2) is 0 Å². The molecule has 0 bridgehead atoms. The number of hydrogen-bond acceptors (Lipinski definition) is 4. The molecule has 2 atom stereocenters. The van der Waals surface area contributed by atoms with Crippen LogP contribution < -0.4 is 10.6 Å². The highest BCUT2D eigenvalue weighted by molar-refractivity contribution is 6.30. The molecule has 2 aromatic carbocycles. The summed E-state index contributed by atoms with van der Waals surface area (Å²) in [6.45, 7) is 2.11. The second-order valence-corrected chi connectivity index (χ2v) is 8.87. The quantitative estimate of drug-likeness (QED) is 0.624. The number of benzene rings is 2. The summed E-state index contributed by atoms with van der Waals surface area (Å²) in [5.41, 5.74) is 3.85. The van der Waals surface area contributed by atoms with Crippen LogP contribution in [-0.2, 0) is 11.8 Å². The van der Waals surface area contributed by atoms with Crippen molar-refractivity contribution in [3.05, 3.63) is 70.5 Å². The summed E-state index contributed by atoms with van der Waals surface area (Å²) in [6.07, 6.45) is 0.340. The molecule has 1 fully saturated rings.